The van der Waals surface area contributed by atoms with Crippen LogP contribution in [0.2, 0.25) is 30.1 Å². The quantitative estimate of drug-likeness (QED) is 0.0545. The van der Waals surface area contributed by atoms with Crippen molar-refractivity contribution in [2.45, 2.75) is 90.9 Å². The average Bonchev–Trinajstić information content (AvgIpc) is 3.99. The van der Waals surface area contributed by atoms with Gasteiger partial charge in [0.15, 0.2) is 11.5 Å². The second-order valence-corrected chi connectivity index (χ2v) is 14.8. The second-order valence-electron chi connectivity index (χ2n) is 12.4. The molecule has 262 valence electrons. The molecule has 48 heavy (non-hydrogen) atoms. The van der Waals surface area contributed by atoms with Crippen molar-refractivity contribution in [3.05, 3.63) is 53.4 Å². The monoisotopic (exact) mass is 782 g/mol. The zero-order valence-electron chi connectivity index (χ0n) is 26.6. The third-order valence-electron chi connectivity index (χ3n) is 9.30. The van der Waals surface area contributed by atoms with Gasteiger partial charge in [0.2, 0.25) is 0 Å². The highest BCUT2D eigenvalue weighted by Crippen LogP contribution is 2.53. The summed E-state index contributed by atoms with van der Waals surface area (Å²) in [5, 5.41) is -1.44. The maximum absolute atomic E-state index is 13.1. The van der Waals surface area contributed by atoms with Crippen molar-refractivity contribution in [1.82, 2.24) is 0 Å². The van der Waals surface area contributed by atoms with Gasteiger partial charge in [-0.05, 0) is 87.2 Å². The molecule has 2 aliphatic rings. The normalized spacial score (nSPS) is 15.4. The van der Waals surface area contributed by atoms with Gasteiger partial charge in [-0.1, -0.05) is 96.3 Å². The van der Waals surface area contributed by atoms with Crippen LogP contribution in [0.5, 0.6) is 11.5 Å². The molecular formula is C34H36Cl6O8. The highest BCUT2D eigenvalue weighted by atomic mass is 35.5. The highest BCUT2D eigenvalue weighted by molar-refractivity contribution is 6.47. The van der Waals surface area contributed by atoms with Gasteiger partial charge in [0.05, 0.1) is 43.3 Å². The highest BCUT2D eigenvalue weighted by Gasteiger charge is 2.40. The lowest BCUT2D eigenvalue weighted by molar-refractivity contribution is -0.156. The predicted molar refractivity (Wildman–Crippen MR) is 186 cm³/mol. The largest absolute Gasteiger partial charge is 0.462 e. The van der Waals surface area contributed by atoms with Crippen LogP contribution in [0.15, 0.2) is 12.1 Å². The fourth-order valence-corrected chi connectivity index (χ4v) is 7.02. The zero-order valence-corrected chi connectivity index (χ0v) is 31.1. The molecule has 0 amide bonds. The van der Waals surface area contributed by atoms with Crippen molar-refractivity contribution in [3.63, 3.8) is 0 Å². The first-order valence-electron chi connectivity index (χ1n) is 15.9. The molecule has 0 aromatic heterocycles. The zero-order chi connectivity index (χ0) is 35.2. The Morgan fingerprint density at radius 1 is 0.583 bits per heavy atom. The minimum absolute atomic E-state index is 0.0722. The maximum atomic E-state index is 13.1. The standard InChI is InChI=1S/C34H36Cl6O8/c1-3-33(11-12-33)9-5-7-15-45-29(41)23-25(39)19(35)17-21(37)27(23)47-31(43)32(44)48-28-22(38)18-20(36)26(40)24(28)30(42)46-16-8-6-10-34(4-2)13-14-34/h17-18H,3-16H2,1-2H3. The minimum atomic E-state index is -1.63. The topological polar surface area (TPSA) is 105 Å². The summed E-state index contributed by atoms with van der Waals surface area (Å²) in [5.41, 5.74) is -0.100. The Kier molecular flexibility index (Phi) is 13.6. The number of hydrogen-bond acceptors (Lipinski definition) is 8. The molecular weight excluding hydrogens is 749 g/mol. The van der Waals surface area contributed by atoms with E-state index in [0.29, 0.717) is 23.7 Å². The third-order valence-corrected chi connectivity index (χ3v) is 11.4. The molecule has 0 radical (unpaired) electrons. The number of benzene rings is 2. The summed E-state index contributed by atoms with van der Waals surface area (Å²) in [6, 6.07) is 2.26. The predicted octanol–water partition coefficient (Wildman–Crippen LogP) is 11.2. The van der Waals surface area contributed by atoms with Gasteiger partial charge in [-0.2, -0.15) is 0 Å². The van der Waals surface area contributed by atoms with Crippen LogP contribution < -0.4 is 9.47 Å². The molecule has 8 nitrogen and oxygen atoms in total. The van der Waals surface area contributed by atoms with Crippen molar-refractivity contribution >= 4 is 93.5 Å². The first kappa shape index (κ1) is 38.9. The van der Waals surface area contributed by atoms with E-state index in [-0.39, 0.29) is 43.3 Å². The number of rotatable bonds is 16. The Labute approximate surface area is 309 Å². The Hall–Kier alpha value is -1.94. The average molecular weight is 785 g/mol. The van der Waals surface area contributed by atoms with E-state index >= 15 is 0 Å². The van der Waals surface area contributed by atoms with E-state index in [2.05, 4.69) is 13.8 Å². The number of hydrogen-bond donors (Lipinski definition) is 0. The van der Waals surface area contributed by atoms with E-state index in [1.165, 1.54) is 25.7 Å². The second kappa shape index (κ2) is 16.8. The lowest BCUT2D eigenvalue weighted by Gasteiger charge is -2.16. The number of ether oxygens (including phenoxy) is 4. The smallest absolute Gasteiger partial charge is 0.423 e. The van der Waals surface area contributed by atoms with Crippen LogP contribution in [-0.4, -0.2) is 37.1 Å². The molecule has 2 fully saturated rings. The SMILES string of the molecule is CCC1(CCCCOC(=O)c2c(Cl)c(Cl)cc(Cl)c2OC(=O)C(=O)Oc2c(Cl)cc(Cl)c(Cl)c2C(=O)OCCCCC2(CC)CC2)CC1. The van der Waals surface area contributed by atoms with Crippen molar-refractivity contribution < 1.29 is 38.1 Å². The Morgan fingerprint density at radius 2 is 0.938 bits per heavy atom. The Bertz CT molecular complexity index is 1450. The van der Waals surface area contributed by atoms with E-state index in [1.807, 2.05) is 0 Å². The molecule has 2 aromatic carbocycles. The Morgan fingerprint density at radius 3 is 1.25 bits per heavy atom. The molecule has 0 saturated heterocycles. The van der Waals surface area contributed by atoms with Gasteiger partial charge in [0, 0.05) is 0 Å². The fourth-order valence-electron chi connectivity index (χ4n) is 5.58. The summed E-state index contributed by atoms with van der Waals surface area (Å²) in [6.45, 7) is 4.48. The maximum Gasteiger partial charge on any atom is 0.423 e. The molecule has 0 bridgehead atoms. The van der Waals surface area contributed by atoms with Crippen molar-refractivity contribution in [2.75, 3.05) is 13.2 Å². The van der Waals surface area contributed by atoms with Gasteiger partial charge in [0.1, 0.15) is 11.1 Å². The molecule has 0 atom stereocenters. The summed E-state index contributed by atoms with van der Waals surface area (Å²) >= 11 is 37.4. The van der Waals surface area contributed by atoms with Gasteiger partial charge in [0.25, 0.3) is 0 Å². The van der Waals surface area contributed by atoms with Crippen LogP contribution in [0, 0.1) is 10.8 Å². The van der Waals surface area contributed by atoms with Crippen LogP contribution in [0.25, 0.3) is 0 Å². The number of unbranched alkanes of at least 4 members (excludes halogenated alkanes) is 2. The van der Waals surface area contributed by atoms with E-state index < -0.39 is 46.5 Å². The number of carbonyl (C=O) groups is 4. The molecule has 0 unspecified atom stereocenters. The van der Waals surface area contributed by atoms with Crippen molar-refractivity contribution in [3.8, 4) is 11.5 Å². The van der Waals surface area contributed by atoms with Crippen LogP contribution in [0.4, 0.5) is 0 Å². The molecule has 0 aliphatic heterocycles. The van der Waals surface area contributed by atoms with Crippen molar-refractivity contribution in [2.24, 2.45) is 10.8 Å². The summed E-state index contributed by atoms with van der Waals surface area (Å²) in [7, 11) is 0. The minimum Gasteiger partial charge on any atom is -0.462 e. The van der Waals surface area contributed by atoms with Crippen LogP contribution in [-0.2, 0) is 19.1 Å². The fraction of sp³-hybridized carbons (Fsp3) is 0.529. The first-order chi connectivity index (χ1) is 22.8. The van der Waals surface area contributed by atoms with Crippen LogP contribution in [0.3, 0.4) is 0 Å². The van der Waals surface area contributed by atoms with E-state index in [1.54, 1.807) is 0 Å². The first-order valence-corrected chi connectivity index (χ1v) is 18.2. The molecule has 0 heterocycles. The van der Waals surface area contributed by atoms with Gasteiger partial charge in [-0.25, -0.2) is 19.2 Å². The number of esters is 4. The lowest BCUT2D eigenvalue weighted by Crippen LogP contribution is -2.27. The molecule has 14 heteroatoms. The molecule has 2 aliphatic carbocycles. The number of halogens is 6. The molecule has 2 saturated carbocycles. The summed E-state index contributed by atoms with van der Waals surface area (Å²) in [6.07, 6.45) is 12.1. The van der Waals surface area contributed by atoms with E-state index in [9.17, 15) is 19.2 Å². The van der Waals surface area contributed by atoms with Gasteiger partial charge >= 0.3 is 23.9 Å². The summed E-state index contributed by atoms with van der Waals surface area (Å²) in [4.78, 5) is 52.1. The molecule has 0 spiro atoms. The van der Waals surface area contributed by atoms with E-state index in [4.69, 9.17) is 88.6 Å². The number of carbonyl (C=O) groups excluding carboxylic acids is 4. The molecule has 0 N–H and O–H groups in total. The summed E-state index contributed by atoms with van der Waals surface area (Å²) in [5.74, 6) is -6.34. The van der Waals surface area contributed by atoms with Crippen molar-refractivity contribution in [1.29, 1.82) is 0 Å². The molecule has 2 aromatic rings. The van der Waals surface area contributed by atoms with Gasteiger partial charge in [-0.3, -0.25) is 0 Å². The summed E-state index contributed by atoms with van der Waals surface area (Å²) < 4.78 is 21.1. The lowest BCUT2D eigenvalue weighted by atomic mass is 9.96. The van der Waals surface area contributed by atoms with Gasteiger partial charge < -0.3 is 18.9 Å². The van der Waals surface area contributed by atoms with Crippen LogP contribution in [0.1, 0.15) is 112 Å². The van der Waals surface area contributed by atoms with E-state index in [0.717, 1.165) is 50.7 Å². The molecule has 4 rings (SSSR count). The Balaban J connectivity index is 1.43. The van der Waals surface area contributed by atoms with Gasteiger partial charge in [-0.15, -0.1) is 0 Å². The third kappa shape index (κ3) is 9.64. The van der Waals surface area contributed by atoms with Crippen LogP contribution >= 0.6 is 69.6 Å².